The molecule has 4 aromatic rings. The summed E-state index contributed by atoms with van der Waals surface area (Å²) in [6.45, 7) is 4.52. The molecule has 1 aromatic carbocycles. The molecule has 0 radical (unpaired) electrons. The minimum Gasteiger partial charge on any atom is -0.460 e. The molecular weight excluding hydrogens is 560 g/mol. The first-order valence-corrected chi connectivity index (χ1v) is 15.7. The van der Waals surface area contributed by atoms with Gasteiger partial charge in [-0.1, -0.05) is 11.3 Å². The van der Waals surface area contributed by atoms with Gasteiger partial charge in [0.15, 0.2) is 6.29 Å². The van der Waals surface area contributed by atoms with E-state index in [1.165, 1.54) is 22.7 Å². The van der Waals surface area contributed by atoms with E-state index >= 15 is 0 Å². The van der Waals surface area contributed by atoms with Crippen LogP contribution in [0.1, 0.15) is 68.2 Å². The number of benzene rings is 1. The van der Waals surface area contributed by atoms with Gasteiger partial charge in [0, 0.05) is 28.6 Å². The number of nitrogens with zero attached hydrogens (tertiary/aromatic N) is 4. The summed E-state index contributed by atoms with van der Waals surface area (Å²) in [6, 6.07) is 9.58. The van der Waals surface area contributed by atoms with E-state index in [1.807, 2.05) is 35.2 Å². The SMILES string of the molecule is Cc1ccc([C@@](O)(C(=O)OC2CCC(N(C)CCCn3nnc4cc(C=O)c5c(c43)COC5)CC2)c2cccs2)s1. The number of fused-ring (bicyclic) bond motifs is 3. The Kier molecular flexibility index (Phi) is 8.06. The first-order chi connectivity index (χ1) is 19.9. The molecule has 6 rings (SSSR count). The number of carbonyl (C=O) groups excluding carboxylic acids is 2. The molecule has 41 heavy (non-hydrogen) atoms. The summed E-state index contributed by atoms with van der Waals surface area (Å²) in [5.74, 6) is -0.587. The molecule has 1 saturated carbocycles. The van der Waals surface area contributed by atoms with E-state index in [0.29, 0.717) is 34.6 Å². The van der Waals surface area contributed by atoms with E-state index in [0.717, 1.165) is 78.5 Å². The zero-order valence-corrected chi connectivity index (χ0v) is 24.9. The van der Waals surface area contributed by atoms with E-state index in [2.05, 4.69) is 22.3 Å². The number of ether oxygens (including phenoxy) is 2. The molecule has 1 aliphatic carbocycles. The topological polar surface area (TPSA) is 107 Å². The van der Waals surface area contributed by atoms with Crippen molar-refractivity contribution in [2.45, 2.75) is 76.5 Å². The van der Waals surface area contributed by atoms with Crippen molar-refractivity contribution in [2.75, 3.05) is 13.6 Å². The first-order valence-electron chi connectivity index (χ1n) is 14.0. The summed E-state index contributed by atoms with van der Waals surface area (Å²) in [5, 5.41) is 22.2. The number of aliphatic hydroxyl groups is 1. The van der Waals surface area contributed by atoms with Gasteiger partial charge < -0.3 is 19.5 Å². The van der Waals surface area contributed by atoms with Gasteiger partial charge in [-0.05, 0) is 87.8 Å². The molecule has 216 valence electrons. The Labute approximate surface area is 246 Å². The van der Waals surface area contributed by atoms with Gasteiger partial charge in [0.1, 0.15) is 11.6 Å². The number of aryl methyl sites for hydroxylation is 2. The molecule has 0 bridgehead atoms. The van der Waals surface area contributed by atoms with E-state index in [9.17, 15) is 14.7 Å². The van der Waals surface area contributed by atoms with Crippen molar-refractivity contribution in [1.82, 2.24) is 19.9 Å². The van der Waals surface area contributed by atoms with Crippen LogP contribution in [-0.4, -0.2) is 63.0 Å². The molecule has 11 heteroatoms. The number of hydrogen-bond donors (Lipinski definition) is 1. The quantitative estimate of drug-likeness (QED) is 0.206. The molecule has 3 aromatic heterocycles. The van der Waals surface area contributed by atoms with Gasteiger partial charge in [-0.25, -0.2) is 9.48 Å². The lowest BCUT2D eigenvalue weighted by Crippen LogP contribution is -2.42. The standard InChI is InChI=1S/C30H34N4O5S2/c1-19-6-11-27(41-19)30(37,26-5-3-14-40-26)29(36)39-22-9-7-21(8-10-22)33(2)12-4-13-34-28-24-18-38-17-23(24)20(16-35)15-25(28)31-32-34/h3,5-6,11,14-16,21-22,37H,4,7-10,12-13,17-18H2,1-2H3/t21?,22?,30-/m1/s1. The molecule has 0 spiro atoms. The van der Waals surface area contributed by atoms with Crippen LogP contribution in [0.5, 0.6) is 0 Å². The summed E-state index contributed by atoms with van der Waals surface area (Å²) < 4.78 is 13.5. The lowest BCUT2D eigenvalue weighted by molar-refractivity contribution is -0.169. The maximum atomic E-state index is 13.4. The normalized spacial score (nSPS) is 20.3. The van der Waals surface area contributed by atoms with Crippen LogP contribution in [0.15, 0.2) is 35.7 Å². The summed E-state index contributed by atoms with van der Waals surface area (Å²) in [6.07, 6.45) is 4.95. The molecule has 1 aliphatic heterocycles. The van der Waals surface area contributed by atoms with Crippen LogP contribution >= 0.6 is 22.7 Å². The molecule has 1 N–H and O–H groups in total. The molecule has 0 unspecified atom stereocenters. The van der Waals surface area contributed by atoms with Gasteiger partial charge in [-0.15, -0.1) is 27.8 Å². The first kappa shape index (κ1) is 28.2. The average Bonchev–Trinajstić information content (AvgIpc) is 3.79. The number of aromatic nitrogens is 3. The fourth-order valence-electron chi connectivity index (χ4n) is 6.06. The zero-order chi connectivity index (χ0) is 28.6. The van der Waals surface area contributed by atoms with Crippen molar-refractivity contribution < 1.29 is 24.2 Å². The summed E-state index contributed by atoms with van der Waals surface area (Å²) in [5.41, 5.74) is 2.54. The van der Waals surface area contributed by atoms with E-state index in [-0.39, 0.29) is 6.10 Å². The third-order valence-corrected chi connectivity index (χ3v) is 10.5. The molecule has 0 amide bonds. The van der Waals surface area contributed by atoms with Gasteiger partial charge in [-0.2, -0.15) is 0 Å². The van der Waals surface area contributed by atoms with Gasteiger partial charge in [0.2, 0.25) is 5.60 Å². The number of hydrogen-bond acceptors (Lipinski definition) is 10. The third kappa shape index (κ3) is 5.37. The highest BCUT2D eigenvalue weighted by molar-refractivity contribution is 7.13. The van der Waals surface area contributed by atoms with Crippen molar-refractivity contribution in [2.24, 2.45) is 0 Å². The Balaban J connectivity index is 1.03. The van der Waals surface area contributed by atoms with Crippen molar-refractivity contribution in [1.29, 1.82) is 0 Å². The van der Waals surface area contributed by atoms with Gasteiger partial charge in [-0.3, -0.25) is 4.79 Å². The smallest absolute Gasteiger partial charge is 0.349 e. The lowest BCUT2D eigenvalue weighted by Gasteiger charge is -2.35. The van der Waals surface area contributed by atoms with Crippen molar-refractivity contribution in [3.05, 3.63) is 67.0 Å². The van der Waals surface area contributed by atoms with Crippen molar-refractivity contribution in [3.8, 4) is 0 Å². The predicted molar refractivity (Wildman–Crippen MR) is 157 cm³/mol. The third-order valence-electron chi connectivity index (χ3n) is 8.36. The highest BCUT2D eigenvalue weighted by Crippen LogP contribution is 2.39. The predicted octanol–water partition coefficient (Wildman–Crippen LogP) is 4.82. The van der Waals surface area contributed by atoms with Crippen LogP contribution in [0.3, 0.4) is 0 Å². The van der Waals surface area contributed by atoms with Crippen LogP contribution in [0.4, 0.5) is 0 Å². The zero-order valence-electron chi connectivity index (χ0n) is 23.2. The van der Waals surface area contributed by atoms with E-state index in [4.69, 9.17) is 9.47 Å². The van der Waals surface area contributed by atoms with Crippen LogP contribution in [0.25, 0.3) is 11.0 Å². The second-order valence-corrected chi connectivity index (χ2v) is 13.2. The molecule has 1 fully saturated rings. The maximum absolute atomic E-state index is 13.4. The minimum atomic E-state index is -1.77. The van der Waals surface area contributed by atoms with E-state index in [1.54, 1.807) is 12.1 Å². The second-order valence-electron chi connectivity index (χ2n) is 11.0. The fraction of sp³-hybridized carbons (Fsp3) is 0.467. The molecule has 2 aliphatic rings. The summed E-state index contributed by atoms with van der Waals surface area (Å²) in [7, 11) is 2.15. The van der Waals surface area contributed by atoms with E-state index < -0.39 is 11.6 Å². The Morgan fingerprint density at radius 2 is 2.02 bits per heavy atom. The highest BCUT2D eigenvalue weighted by atomic mass is 32.1. The molecule has 4 heterocycles. The molecule has 0 saturated heterocycles. The highest BCUT2D eigenvalue weighted by Gasteiger charge is 2.45. The molecular formula is C30H34N4O5S2. The summed E-state index contributed by atoms with van der Waals surface area (Å²) in [4.78, 5) is 29.5. The van der Waals surface area contributed by atoms with Gasteiger partial charge in [0.05, 0.1) is 28.5 Å². The fourth-order valence-corrected chi connectivity index (χ4v) is 7.91. The Morgan fingerprint density at radius 1 is 1.22 bits per heavy atom. The van der Waals surface area contributed by atoms with Crippen molar-refractivity contribution in [3.63, 3.8) is 0 Å². The van der Waals surface area contributed by atoms with Gasteiger partial charge in [0.25, 0.3) is 0 Å². The Morgan fingerprint density at radius 3 is 2.73 bits per heavy atom. The Bertz CT molecular complexity index is 1540. The Hall–Kier alpha value is -2.96. The van der Waals surface area contributed by atoms with Crippen molar-refractivity contribution >= 4 is 46.0 Å². The molecule has 1 atom stereocenters. The number of rotatable bonds is 10. The van der Waals surface area contributed by atoms with Crippen LogP contribution in [0, 0.1) is 6.92 Å². The maximum Gasteiger partial charge on any atom is 0.349 e. The minimum absolute atomic E-state index is 0.207. The monoisotopic (exact) mass is 594 g/mol. The number of thiophene rings is 2. The number of carbonyl (C=O) groups is 2. The summed E-state index contributed by atoms with van der Waals surface area (Å²) >= 11 is 2.78. The number of esters is 1. The van der Waals surface area contributed by atoms with Crippen LogP contribution in [0.2, 0.25) is 0 Å². The average molecular weight is 595 g/mol. The largest absolute Gasteiger partial charge is 0.460 e. The van der Waals surface area contributed by atoms with Gasteiger partial charge >= 0.3 is 5.97 Å². The van der Waals surface area contributed by atoms with Crippen LogP contribution < -0.4 is 0 Å². The number of aldehydes is 1. The van der Waals surface area contributed by atoms with Crippen LogP contribution in [-0.2, 0) is 39.6 Å². The second kappa shape index (κ2) is 11.7. The lowest BCUT2D eigenvalue weighted by atomic mass is 9.91. The molecule has 9 nitrogen and oxygen atoms in total.